The molecule has 2 atom stereocenters. The van der Waals surface area contributed by atoms with Crippen molar-refractivity contribution in [3.63, 3.8) is 0 Å². The van der Waals surface area contributed by atoms with E-state index in [-0.39, 0.29) is 10.8 Å². The van der Waals surface area contributed by atoms with Crippen LogP contribution in [0.2, 0.25) is 0 Å². The van der Waals surface area contributed by atoms with Gasteiger partial charge in [-0.15, -0.1) is 11.3 Å². The molecule has 0 saturated heterocycles. The molecule has 0 aromatic carbocycles. The smallest absolute Gasteiger partial charge is 0.136 e. The summed E-state index contributed by atoms with van der Waals surface area (Å²) < 4.78 is 16.2. The van der Waals surface area contributed by atoms with Crippen molar-refractivity contribution in [2.24, 2.45) is 0 Å². The van der Waals surface area contributed by atoms with Gasteiger partial charge in [-0.25, -0.2) is 0 Å². The Morgan fingerprint density at radius 1 is 1.58 bits per heavy atom. The van der Waals surface area contributed by atoms with Gasteiger partial charge in [0, 0.05) is 33.8 Å². The van der Waals surface area contributed by atoms with Crippen LogP contribution in [0.3, 0.4) is 0 Å². The first kappa shape index (κ1) is 16.7. The molecule has 1 aromatic rings. The van der Waals surface area contributed by atoms with Crippen LogP contribution in [-0.2, 0) is 11.4 Å². The van der Waals surface area contributed by atoms with Crippen molar-refractivity contribution in [3.05, 3.63) is 41.2 Å². The van der Waals surface area contributed by atoms with E-state index in [0.717, 1.165) is 22.9 Å². The maximum atomic E-state index is 12.3. The molecule has 1 rings (SSSR count). The minimum atomic E-state index is -1.11. The Labute approximate surface area is 127 Å². The van der Waals surface area contributed by atoms with Gasteiger partial charge in [-0.1, -0.05) is 22.0 Å². The predicted molar refractivity (Wildman–Crippen MR) is 85.1 cm³/mol. The average molecular weight is 345 g/mol. The second kappa shape index (κ2) is 7.43. The topological polar surface area (TPSA) is 48.0 Å². The lowest BCUT2D eigenvalue weighted by Gasteiger charge is -2.28. The van der Waals surface area contributed by atoms with Gasteiger partial charge in [0.25, 0.3) is 0 Å². The normalized spacial score (nSPS) is 15.0. The van der Waals surface area contributed by atoms with Crippen LogP contribution in [0.5, 0.6) is 0 Å². The van der Waals surface area contributed by atoms with Crippen LogP contribution in [0.15, 0.2) is 35.6 Å². The largest absolute Gasteiger partial charge is 0.598 e. The van der Waals surface area contributed by atoms with Crippen molar-refractivity contribution in [1.29, 1.82) is 0 Å². The van der Waals surface area contributed by atoms with E-state index in [1.807, 2.05) is 39.1 Å². The first-order valence-corrected chi connectivity index (χ1v) is 8.19. The second-order valence-corrected chi connectivity index (χ2v) is 8.17. The Balaban J connectivity index is 2.89. The van der Waals surface area contributed by atoms with E-state index >= 15 is 0 Å². The molecule has 3 nitrogen and oxygen atoms in total. The summed E-state index contributed by atoms with van der Waals surface area (Å²) in [6.07, 6.45) is 7.12. The maximum Gasteiger partial charge on any atom is 0.136 e. The van der Waals surface area contributed by atoms with Crippen LogP contribution >= 0.6 is 15.9 Å². The van der Waals surface area contributed by atoms with Crippen molar-refractivity contribution in [1.82, 2.24) is 9.71 Å². The monoisotopic (exact) mass is 344 g/mol. The van der Waals surface area contributed by atoms with Gasteiger partial charge >= 0.3 is 0 Å². The maximum absolute atomic E-state index is 12.3. The summed E-state index contributed by atoms with van der Waals surface area (Å²) in [7, 11) is 0. The Bertz CT molecular complexity index is 420. The summed E-state index contributed by atoms with van der Waals surface area (Å²) in [5, 5.41) is 0. The van der Waals surface area contributed by atoms with E-state index in [9.17, 15) is 4.55 Å². The van der Waals surface area contributed by atoms with Gasteiger partial charge in [0.05, 0.1) is 6.04 Å². The zero-order chi connectivity index (χ0) is 14.5. The Morgan fingerprint density at radius 2 is 2.26 bits per heavy atom. The molecule has 0 radical (unpaired) electrons. The Morgan fingerprint density at radius 3 is 2.79 bits per heavy atom. The second-order valence-electron chi connectivity index (χ2n) is 5.31. The summed E-state index contributed by atoms with van der Waals surface area (Å²) in [6.45, 7) is 9.62. The molecule has 19 heavy (non-hydrogen) atoms. The van der Waals surface area contributed by atoms with Crippen LogP contribution in [0.4, 0.5) is 0 Å². The highest BCUT2D eigenvalue weighted by Gasteiger charge is 2.30. The lowest BCUT2D eigenvalue weighted by Crippen LogP contribution is -2.41. The third-order valence-corrected chi connectivity index (χ3v) is 4.97. The van der Waals surface area contributed by atoms with E-state index in [1.165, 1.54) is 0 Å². The number of halogens is 1. The zero-order valence-corrected chi connectivity index (χ0v) is 14.1. The molecule has 5 heteroatoms. The van der Waals surface area contributed by atoms with Crippen molar-refractivity contribution in [2.45, 2.75) is 44.4 Å². The SMILES string of the molecule is C=CCCC(N[S@@+]([O-])C(C)(C)C)c1cnccc1Br. The van der Waals surface area contributed by atoms with Gasteiger partial charge in [-0.3, -0.25) is 4.98 Å². The number of nitrogens with one attached hydrogen (secondary N) is 1. The van der Waals surface area contributed by atoms with Crippen LogP contribution in [-0.4, -0.2) is 14.3 Å². The van der Waals surface area contributed by atoms with Crippen molar-refractivity contribution in [2.75, 3.05) is 0 Å². The van der Waals surface area contributed by atoms with Gasteiger partial charge in [0.1, 0.15) is 4.75 Å². The average Bonchev–Trinajstić information content (AvgIpc) is 2.34. The highest BCUT2D eigenvalue weighted by molar-refractivity contribution is 9.10. The molecule has 0 amide bonds. The van der Waals surface area contributed by atoms with Crippen LogP contribution in [0, 0.1) is 0 Å². The predicted octanol–water partition coefficient (Wildman–Crippen LogP) is 3.90. The minimum Gasteiger partial charge on any atom is -0.598 e. The standard InChI is InChI=1S/C14H21BrN2OS/c1-5-6-7-13(17-19(18)14(2,3)4)11-10-16-9-8-12(11)15/h5,8-10,13,17H,1,6-7H2,2-4H3/t13?,19-/m0/s1. The van der Waals surface area contributed by atoms with Gasteiger partial charge in [0.15, 0.2) is 0 Å². The summed E-state index contributed by atoms with van der Waals surface area (Å²) in [4.78, 5) is 4.15. The lowest BCUT2D eigenvalue weighted by molar-refractivity contribution is 0.512. The van der Waals surface area contributed by atoms with Crippen LogP contribution in [0.25, 0.3) is 0 Å². The van der Waals surface area contributed by atoms with E-state index in [2.05, 4.69) is 32.2 Å². The summed E-state index contributed by atoms with van der Waals surface area (Å²) in [5.74, 6) is 0. The number of aromatic nitrogens is 1. The summed E-state index contributed by atoms with van der Waals surface area (Å²) >= 11 is 2.41. The number of rotatable bonds is 6. The number of hydrogen-bond acceptors (Lipinski definition) is 3. The first-order valence-electron chi connectivity index (χ1n) is 6.24. The molecule has 106 valence electrons. The van der Waals surface area contributed by atoms with E-state index in [4.69, 9.17) is 0 Å². The zero-order valence-electron chi connectivity index (χ0n) is 11.6. The summed E-state index contributed by atoms with van der Waals surface area (Å²) in [5.41, 5.74) is 1.03. The fourth-order valence-corrected chi connectivity index (χ4v) is 2.87. The molecule has 0 aliphatic heterocycles. The minimum absolute atomic E-state index is 0.00105. The van der Waals surface area contributed by atoms with E-state index in [0.29, 0.717) is 0 Å². The van der Waals surface area contributed by atoms with Gasteiger partial charge in [-0.05, 0) is 39.7 Å². The van der Waals surface area contributed by atoms with Crippen LogP contribution in [0.1, 0.15) is 45.2 Å². The third kappa shape index (κ3) is 5.26. The molecule has 0 bridgehead atoms. The van der Waals surface area contributed by atoms with E-state index < -0.39 is 11.4 Å². The van der Waals surface area contributed by atoms with Gasteiger partial charge < -0.3 is 4.55 Å². The molecule has 0 aliphatic carbocycles. The summed E-state index contributed by atoms with van der Waals surface area (Å²) in [6, 6.07) is 1.90. The Hall–Kier alpha value is -0.360. The third-order valence-electron chi connectivity index (χ3n) is 2.64. The fraction of sp³-hybridized carbons (Fsp3) is 0.500. The molecular weight excluding hydrogens is 324 g/mol. The van der Waals surface area contributed by atoms with Crippen molar-refractivity contribution < 1.29 is 4.55 Å². The molecule has 0 aliphatic rings. The Kier molecular flexibility index (Phi) is 6.53. The van der Waals surface area contributed by atoms with Crippen molar-refractivity contribution in [3.8, 4) is 0 Å². The first-order chi connectivity index (χ1) is 8.86. The fourth-order valence-electron chi connectivity index (χ4n) is 1.51. The molecular formula is C14H21BrN2OS. The highest BCUT2D eigenvalue weighted by atomic mass is 79.9. The molecule has 0 saturated carbocycles. The van der Waals surface area contributed by atoms with Crippen LogP contribution < -0.4 is 4.72 Å². The molecule has 1 unspecified atom stereocenters. The van der Waals surface area contributed by atoms with E-state index in [1.54, 1.807) is 6.20 Å². The number of allylic oxidation sites excluding steroid dienone is 1. The molecule has 0 spiro atoms. The van der Waals surface area contributed by atoms with Gasteiger partial charge in [0.2, 0.25) is 0 Å². The molecule has 1 aromatic heterocycles. The number of nitrogens with zero attached hydrogens (tertiary/aromatic N) is 1. The highest BCUT2D eigenvalue weighted by Crippen LogP contribution is 2.28. The number of hydrogen-bond donors (Lipinski definition) is 1. The quantitative estimate of drug-likeness (QED) is 0.628. The number of pyridine rings is 1. The van der Waals surface area contributed by atoms with Crippen molar-refractivity contribution >= 4 is 27.3 Å². The molecule has 0 fully saturated rings. The lowest BCUT2D eigenvalue weighted by atomic mass is 10.1. The molecule has 1 N–H and O–H groups in total. The van der Waals surface area contributed by atoms with Gasteiger partial charge in [-0.2, -0.15) is 0 Å². The molecule has 1 heterocycles.